The van der Waals surface area contributed by atoms with Gasteiger partial charge in [-0.05, 0) is 50.3 Å². The van der Waals surface area contributed by atoms with Crippen LogP contribution in [0.25, 0.3) is 0 Å². The molecule has 0 radical (unpaired) electrons. The minimum absolute atomic E-state index is 0.442. The minimum atomic E-state index is 0.442. The fraction of sp³-hybridized carbons (Fsp3) is 0.769. The number of nitrogens with zero attached hydrogens (tertiary/aromatic N) is 2. The van der Waals surface area contributed by atoms with Crippen molar-refractivity contribution in [1.29, 1.82) is 0 Å². The summed E-state index contributed by atoms with van der Waals surface area (Å²) >= 11 is 1.51. The van der Waals surface area contributed by atoms with Crippen molar-refractivity contribution in [2.45, 2.75) is 38.6 Å². The standard InChI is InChI=1S/C13H24N4S/c1-8(2)10(7-17(3)4)15-13-11(9-5-6-9)12(14)16-18-13/h8-10,15H,5-7H2,1-4H3,(H2,14,16). The van der Waals surface area contributed by atoms with Crippen molar-refractivity contribution in [1.82, 2.24) is 9.27 Å². The van der Waals surface area contributed by atoms with Gasteiger partial charge in [0.2, 0.25) is 0 Å². The van der Waals surface area contributed by atoms with E-state index in [1.165, 1.54) is 34.9 Å². The summed E-state index contributed by atoms with van der Waals surface area (Å²) in [4.78, 5) is 2.22. The molecule has 1 aliphatic rings. The van der Waals surface area contributed by atoms with Gasteiger partial charge in [0.25, 0.3) is 0 Å². The predicted octanol–water partition coefficient (Wildman–Crippen LogP) is 2.60. The van der Waals surface area contributed by atoms with Gasteiger partial charge < -0.3 is 16.0 Å². The molecule has 0 amide bonds. The van der Waals surface area contributed by atoms with Crippen molar-refractivity contribution in [3.05, 3.63) is 5.56 Å². The molecule has 1 heterocycles. The lowest BCUT2D eigenvalue weighted by Gasteiger charge is -2.26. The number of likely N-dealkylation sites (N-methyl/N-ethyl adjacent to an activating group) is 1. The summed E-state index contributed by atoms with van der Waals surface area (Å²) in [6.45, 7) is 5.53. The van der Waals surface area contributed by atoms with Crippen molar-refractivity contribution in [2.75, 3.05) is 31.7 Å². The first-order valence-electron chi connectivity index (χ1n) is 6.65. The van der Waals surface area contributed by atoms with E-state index in [1.54, 1.807) is 0 Å². The molecule has 3 N–H and O–H groups in total. The van der Waals surface area contributed by atoms with Crippen molar-refractivity contribution < 1.29 is 0 Å². The van der Waals surface area contributed by atoms with Crippen LogP contribution in [0, 0.1) is 5.92 Å². The number of nitrogen functional groups attached to an aromatic ring is 1. The fourth-order valence-corrected chi connectivity index (χ4v) is 3.03. The molecule has 0 aromatic carbocycles. The van der Waals surface area contributed by atoms with Crippen LogP contribution in [0.2, 0.25) is 0 Å². The molecule has 2 rings (SSSR count). The van der Waals surface area contributed by atoms with Crippen LogP contribution < -0.4 is 11.1 Å². The molecule has 1 aromatic heterocycles. The Bertz CT molecular complexity index is 396. The number of anilines is 2. The molecular weight excluding hydrogens is 244 g/mol. The number of hydrogen-bond acceptors (Lipinski definition) is 5. The highest BCUT2D eigenvalue weighted by molar-refractivity contribution is 7.10. The third-order valence-corrected chi connectivity index (χ3v) is 4.23. The van der Waals surface area contributed by atoms with Gasteiger partial charge in [-0.2, -0.15) is 4.37 Å². The van der Waals surface area contributed by atoms with Gasteiger partial charge in [-0.25, -0.2) is 0 Å². The second kappa shape index (κ2) is 5.45. The molecule has 0 spiro atoms. The Kier molecular flexibility index (Phi) is 4.12. The molecule has 1 atom stereocenters. The zero-order valence-electron chi connectivity index (χ0n) is 11.7. The van der Waals surface area contributed by atoms with Gasteiger partial charge in [0.15, 0.2) is 0 Å². The number of hydrogen-bond donors (Lipinski definition) is 2. The summed E-state index contributed by atoms with van der Waals surface area (Å²) in [7, 11) is 4.22. The molecule has 1 unspecified atom stereocenters. The van der Waals surface area contributed by atoms with Gasteiger partial charge in [-0.1, -0.05) is 13.8 Å². The summed E-state index contributed by atoms with van der Waals surface area (Å²) in [6.07, 6.45) is 2.52. The first-order chi connectivity index (χ1) is 8.49. The average Bonchev–Trinajstić information content (AvgIpc) is 3.03. The first-order valence-corrected chi connectivity index (χ1v) is 7.42. The van der Waals surface area contributed by atoms with E-state index >= 15 is 0 Å². The topological polar surface area (TPSA) is 54.2 Å². The van der Waals surface area contributed by atoms with Crippen LogP contribution in [-0.2, 0) is 0 Å². The summed E-state index contributed by atoms with van der Waals surface area (Å²) in [5.41, 5.74) is 7.25. The Hall–Kier alpha value is -0.810. The molecule has 0 saturated heterocycles. The van der Waals surface area contributed by atoms with Crippen molar-refractivity contribution in [3.8, 4) is 0 Å². The number of nitrogens with one attached hydrogen (secondary N) is 1. The van der Waals surface area contributed by atoms with Gasteiger partial charge in [0, 0.05) is 18.2 Å². The Labute approximate surface area is 114 Å². The molecule has 0 aliphatic heterocycles. The smallest absolute Gasteiger partial charge is 0.142 e. The van der Waals surface area contributed by atoms with Crippen LogP contribution in [0.15, 0.2) is 0 Å². The lowest BCUT2D eigenvalue weighted by Crippen LogP contribution is -2.36. The fourth-order valence-electron chi connectivity index (χ4n) is 2.17. The largest absolute Gasteiger partial charge is 0.383 e. The van der Waals surface area contributed by atoms with Crippen LogP contribution in [-0.4, -0.2) is 36.0 Å². The monoisotopic (exact) mass is 268 g/mol. The van der Waals surface area contributed by atoms with E-state index in [4.69, 9.17) is 5.73 Å². The Morgan fingerprint density at radius 2 is 2.11 bits per heavy atom. The number of nitrogens with two attached hydrogens (primary N) is 1. The predicted molar refractivity (Wildman–Crippen MR) is 79.3 cm³/mol. The molecule has 1 aliphatic carbocycles. The first kappa shape index (κ1) is 13.6. The van der Waals surface area contributed by atoms with E-state index in [1.807, 2.05) is 0 Å². The highest BCUT2D eigenvalue weighted by Crippen LogP contribution is 2.47. The van der Waals surface area contributed by atoms with E-state index in [2.05, 4.69) is 42.5 Å². The third kappa shape index (κ3) is 3.14. The van der Waals surface area contributed by atoms with Gasteiger partial charge in [0.05, 0.1) is 0 Å². The van der Waals surface area contributed by atoms with E-state index < -0.39 is 0 Å². The van der Waals surface area contributed by atoms with Gasteiger partial charge in [-0.15, -0.1) is 0 Å². The van der Waals surface area contributed by atoms with Gasteiger partial charge >= 0.3 is 0 Å². The van der Waals surface area contributed by atoms with E-state index in [0.717, 1.165) is 12.4 Å². The molecule has 4 nitrogen and oxygen atoms in total. The summed E-state index contributed by atoms with van der Waals surface area (Å²) in [5, 5.41) is 4.85. The van der Waals surface area contributed by atoms with Crippen molar-refractivity contribution in [2.24, 2.45) is 5.92 Å². The quantitative estimate of drug-likeness (QED) is 0.832. The normalized spacial score (nSPS) is 17.4. The second-order valence-electron chi connectivity index (χ2n) is 5.84. The third-order valence-electron chi connectivity index (χ3n) is 3.42. The van der Waals surface area contributed by atoms with Crippen LogP contribution in [0.1, 0.15) is 38.2 Å². The van der Waals surface area contributed by atoms with Crippen LogP contribution in [0.5, 0.6) is 0 Å². The zero-order chi connectivity index (χ0) is 13.3. The van der Waals surface area contributed by atoms with Crippen molar-refractivity contribution in [3.63, 3.8) is 0 Å². The van der Waals surface area contributed by atoms with Crippen LogP contribution in [0.3, 0.4) is 0 Å². The van der Waals surface area contributed by atoms with Crippen molar-refractivity contribution >= 4 is 22.4 Å². The summed E-state index contributed by atoms with van der Waals surface area (Å²) < 4.78 is 4.31. The maximum absolute atomic E-state index is 5.98. The maximum Gasteiger partial charge on any atom is 0.142 e. The Morgan fingerprint density at radius 1 is 1.44 bits per heavy atom. The Morgan fingerprint density at radius 3 is 2.61 bits per heavy atom. The maximum atomic E-state index is 5.98. The van der Waals surface area contributed by atoms with E-state index in [9.17, 15) is 0 Å². The zero-order valence-corrected chi connectivity index (χ0v) is 12.5. The lowest BCUT2D eigenvalue weighted by atomic mass is 10.0. The molecule has 18 heavy (non-hydrogen) atoms. The SMILES string of the molecule is CC(C)C(CN(C)C)Nc1snc(N)c1C1CC1. The minimum Gasteiger partial charge on any atom is -0.383 e. The molecule has 1 saturated carbocycles. The van der Waals surface area contributed by atoms with Crippen LogP contribution >= 0.6 is 11.5 Å². The highest BCUT2D eigenvalue weighted by Gasteiger charge is 2.31. The summed E-state index contributed by atoms with van der Waals surface area (Å²) in [5.74, 6) is 1.97. The van der Waals surface area contributed by atoms with Gasteiger partial charge in [-0.3, -0.25) is 0 Å². The number of rotatable bonds is 6. The molecule has 1 fully saturated rings. The van der Waals surface area contributed by atoms with Gasteiger partial charge in [0.1, 0.15) is 10.8 Å². The molecular formula is C13H24N4S. The van der Waals surface area contributed by atoms with E-state index in [0.29, 0.717) is 17.9 Å². The number of aromatic nitrogens is 1. The molecule has 0 bridgehead atoms. The Balaban J connectivity index is 2.11. The van der Waals surface area contributed by atoms with E-state index in [-0.39, 0.29) is 0 Å². The molecule has 1 aromatic rings. The summed E-state index contributed by atoms with van der Waals surface area (Å²) in [6, 6.07) is 0.442. The van der Waals surface area contributed by atoms with Crippen LogP contribution in [0.4, 0.5) is 10.8 Å². The molecule has 5 heteroatoms. The lowest BCUT2D eigenvalue weighted by molar-refractivity contribution is 0.345. The average molecular weight is 268 g/mol. The molecule has 102 valence electrons. The second-order valence-corrected chi connectivity index (χ2v) is 6.62. The highest BCUT2D eigenvalue weighted by atomic mass is 32.1.